The number of aliphatic hydroxyl groups excluding tert-OH is 1. The van der Waals surface area contributed by atoms with Crippen molar-refractivity contribution in [1.82, 2.24) is 15.0 Å². The smallest absolute Gasteiger partial charge is 0.302 e. The Bertz CT molecular complexity index is 1590. The SMILES string of the molecule is COc1cc(/C(O)=C2\C(=O)C(=O)N(c3nc4cc(OC)c(OC)cc4[nH]3)C2c2cccnc2)c(OC)cc1Cl. The van der Waals surface area contributed by atoms with Crippen molar-refractivity contribution in [3.63, 3.8) is 0 Å². The van der Waals surface area contributed by atoms with Gasteiger partial charge in [-0.05, 0) is 17.7 Å². The summed E-state index contributed by atoms with van der Waals surface area (Å²) in [6, 6.07) is 8.48. The first-order chi connectivity index (χ1) is 18.8. The topological polar surface area (TPSA) is 136 Å². The van der Waals surface area contributed by atoms with Gasteiger partial charge in [0.05, 0.1) is 61.7 Å². The number of anilines is 1. The molecule has 4 aromatic rings. The second-order valence-corrected chi connectivity index (χ2v) is 8.83. The van der Waals surface area contributed by atoms with Crippen LogP contribution < -0.4 is 23.8 Å². The third kappa shape index (κ3) is 4.26. The molecule has 1 atom stereocenters. The van der Waals surface area contributed by atoms with E-state index in [-0.39, 0.29) is 33.6 Å². The van der Waals surface area contributed by atoms with E-state index in [0.717, 1.165) is 0 Å². The number of ether oxygens (including phenoxy) is 4. The van der Waals surface area contributed by atoms with E-state index in [9.17, 15) is 14.7 Å². The van der Waals surface area contributed by atoms with Crippen LogP contribution in [-0.4, -0.2) is 60.2 Å². The van der Waals surface area contributed by atoms with Gasteiger partial charge in [0, 0.05) is 30.6 Å². The number of halogens is 1. The zero-order chi connectivity index (χ0) is 27.8. The van der Waals surface area contributed by atoms with Crippen LogP contribution in [-0.2, 0) is 9.59 Å². The molecule has 1 saturated heterocycles. The predicted octanol–water partition coefficient (Wildman–Crippen LogP) is 4.27. The number of hydrogen-bond acceptors (Lipinski definition) is 9. The zero-order valence-corrected chi connectivity index (χ0v) is 22.1. The zero-order valence-electron chi connectivity index (χ0n) is 21.3. The first kappa shape index (κ1) is 25.9. The summed E-state index contributed by atoms with van der Waals surface area (Å²) in [7, 11) is 5.81. The van der Waals surface area contributed by atoms with Crippen molar-refractivity contribution in [2.45, 2.75) is 6.04 Å². The Hall–Kier alpha value is -4.77. The van der Waals surface area contributed by atoms with Crippen LogP contribution in [0.3, 0.4) is 0 Å². The van der Waals surface area contributed by atoms with E-state index in [1.165, 1.54) is 51.7 Å². The fourth-order valence-corrected chi connectivity index (χ4v) is 4.76. The Morgan fingerprint density at radius 2 is 1.67 bits per heavy atom. The van der Waals surface area contributed by atoms with Crippen LogP contribution >= 0.6 is 11.6 Å². The van der Waals surface area contributed by atoms with Gasteiger partial charge in [0.15, 0.2) is 11.5 Å². The predicted molar refractivity (Wildman–Crippen MR) is 143 cm³/mol. The number of aliphatic hydroxyl groups is 1. The van der Waals surface area contributed by atoms with Crippen molar-refractivity contribution < 1.29 is 33.6 Å². The van der Waals surface area contributed by atoms with E-state index in [4.69, 9.17) is 30.5 Å². The van der Waals surface area contributed by atoms with Gasteiger partial charge in [0.25, 0.3) is 5.78 Å². The van der Waals surface area contributed by atoms with Crippen LogP contribution in [0.2, 0.25) is 5.02 Å². The number of carbonyl (C=O) groups excluding carboxylic acids is 2. The number of benzene rings is 2. The van der Waals surface area contributed by atoms with Gasteiger partial charge in [-0.25, -0.2) is 4.98 Å². The molecule has 39 heavy (non-hydrogen) atoms. The molecule has 0 aliphatic carbocycles. The van der Waals surface area contributed by atoms with Crippen molar-refractivity contribution >= 4 is 46.0 Å². The van der Waals surface area contributed by atoms with E-state index in [2.05, 4.69) is 15.0 Å². The number of nitrogens with zero attached hydrogens (tertiary/aromatic N) is 3. The number of aromatic amines is 1. The highest BCUT2D eigenvalue weighted by Crippen LogP contribution is 2.44. The summed E-state index contributed by atoms with van der Waals surface area (Å²) in [4.78, 5) is 40.0. The van der Waals surface area contributed by atoms with Gasteiger partial charge in [-0.15, -0.1) is 0 Å². The fraction of sp³-hybridized carbons (Fsp3) is 0.185. The monoisotopic (exact) mass is 550 g/mol. The molecule has 2 aromatic carbocycles. The highest BCUT2D eigenvalue weighted by atomic mass is 35.5. The summed E-state index contributed by atoms with van der Waals surface area (Å²) in [5.41, 5.74) is 1.40. The summed E-state index contributed by atoms with van der Waals surface area (Å²) in [5, 5.41) is 11.8. The molecule has 1 aliphatic rings. The number of pyridine rings is 1. The minimum atomic E-state index is -1.07. The van der Waals surface area contributed by atoms with Crippen molar-refractivity contribution in [3.8, 4) is 23.0 Å². The second-order valence-electron chi connectivity index (χ2n) is 8.43. The molecule has 3 heterocycles. The van der Waals surface area contributed by atoms with E-state index >= 15 is 0 Å². The lowest BCUT2D eigenvalue weighted by Crippen LogP contribution is -2.30. The second kappa shape index (κ2) is 10.2. The molecule has 2 aromatic heterocycles. The highest BCUT2D eigenvalue weighted by Gasteiger charge is 2.48. The Morgan fingerprint density at radius 1 is 0.974 bits per heavy atom. The molecule has 11 nitrogen and oxygen atoms in total. The normalized spacial score (nSPS) is 16.5. The van der Waals surface area contributed by atoms with Crippen molar-refractivity contribution in [3.05, 3.63) is 70.5 Å². The maximum absolute atomic E-state index is 13.5. The number of methoxy groups -OCH3 is 4. The number of Topliss-reactive ketones (excluding diaryl/α,β-unsaturated/α-hetero) is 1. The lowest BCUT2D eigenvalue weighted by Gasteiger charge is -2.23. The number of rotatable bonds is 7. The molecule has 2 N–H and O–H groups in total. The molecular weight excluding hydrogens is 528 g/mol. The number of imidazole rings is 1. The van der Waals surface area contributed by atoms with Gasteiger partial charge in [-0.1, -0.05) is 17.7 Å². The van der Waals surface area contributed by atoms with Gasteiger partial charge in [-0.3, -0.25) is 19.5 Å². The lowest BCUT2D eigenvalue weighted by atomic mass is 9.96. The largest absolute Gasteiger partial charge is 0.507 e. The van der Waals surface area contributed by atoms with Gasteiger partial charge in [0.1, 0.15) is 17.3 Å². The number of fused-ring (bicyclic) bond motifs is 1. The Kier molecular flexibility index (Phi) is 6.75. The molecule has 1 fully saturated rings. The molecule has 0 radical (unpaired) electrons. The minimum absolute atomic E-state index is 0.0796. The number of ketones is 1. The minimum Gasteiger partial charge on any atom is -0.507 e. The van der Waals surface area contributed by atoms with Crippen LogP contribution in [0.5, 0.6) is 23.0 Å². The third-order valence-corrected chi connectivity index (χ3v) is 6.67. The number of hydrogen-bond donors (Lipinski definition) is 2. The van der Waals surface area contributed by atoms with Crippen molar-refractivity contribution in [2.24, 2.45) is 0 Å². The quantitative estimate of drug-likeness (QED) is 0.196. The molecule has 1 amide bonds. The Balaban J connectivity index is 1.74. The van der Waals surface area contributed by atoms with E-state index in [0.29, 0.717) is 28.1 Å². The molecule has 0 saturated carbocycles. The third-order valence-electron chi connectivity index (χ3n) is 6.38. The maximum atomic E-state index is 13.5. The fourth-order valence-electron chi connectivity index (χ4n) is 4.53. The summed E-state index contributed by atoms with van der Waals surface area (Å²) >= 11 is 6.24. The number of nitrogens with one attached hydrogen (secondary N) is 1. The van der Waals surface area contributed by atoms with Crippen molar-refractivity contribution in [1.29, 1.82) is 0 Å². The first-order valence-corrected chi connectivity index (χ1v) is 11.9. The molecular formula is C27H23ClN4O7. The molecule has 5 rings (SSSR count). The van der Waals surface area contributed by atoms with E-state index in [1.54, 1.807) is 30.5 Å². The summed E-state index contributed by atoms with van der Waals surface area (Å²) < 4.78 is 21.4. The van der Waals surface area contributed by atoms with Gasteiger partial charge in [0.2, 0.25) is 5.95 Å². The van der Waals surface area contributed by atoms with E-state index in [1.807, 2.05) is 0 Å². The van der Waals surface area contributed by atoms with Gasteiger partial charge >= 0.3 is 5.91 Å². The molecule has 1 unspecified atom stereocenters. The van der Waals surface area contributed by atoms with Crippen LogP contribution in [0.15, 0.2) is 54.4 Å². The van der Waals surface area contributed by atoms with Gasteiger partial charge in [-0.2, -0.15) is 0 Å². The standard InChI is InChI=1S/C27H23ClN4O7/c1-36-18-9-15(28)19(37-2)8-14(18)24(33)22-23(13-6-5-7-29-12-13)32(26(35)25(22)34)27-30-16-10-20(38-3)21(39-4)11-17(16)31-27/h5-12,23,33H,1-4H3,(H,30,31)/b24-22+. The lowest BCUT2D eigenvalue weighted by molar-refractivity contribution is -0.132. The highest BCUT2D eigenvalue weighted by molar-refractivity contribution is 6.51. The number of aromatic nitrogens is 3. The number of H-pyrrole nitrogens is 1. The maximum Gasteiger partial charge on any atom is 0.302 e. The average molecular weight is 551 g/mol. The molecule has 1 aliphatic heterocycles. The molecule has 0 spiro atoms. The Labute approximate surface area is 227 Å². The molecule has 0 bridgehead atoms. The number of carbonyl (C=O) groups is 2. The molecule has 200 valence electrons. The average Bonchev–Trinajstić information content (AvgIpc) is 3.49. The van der Waals surface area contributed by atoms with Gasteiger partial charge < -0.3 is 29.0 Å². The summed E-state index contributed by atoms with van der Waals surface area (Å²) in [6.07, 6.45) is 3.06. The Morgan fingerprint density at radius 3 is 2.31 bits per heavy atom. The first-order valence-electron chi connectivity index (χ1n) is 11.6. The van der Waals surface area contributed by atoms with Crippen LogP contribution in [0.1, 0.15) is 17.2 Å². The van der Waals surface area contributed by atoms with Crippen LogP contribution in [0, 0.1) is 0 Å². The molecule has 12 heteroatoms. The van der Waals surface area contributed by atoms with Crippen LogP contribution in [0.4, 0.5) is 5.95 Å². The number of amides is 1. The van der Waals surface area contributed by atoms with Crippen molar-refractivity contribution in [2.75, 3.05) is 33.3 Å². The van der Waals surface area contributed by atoms with E-state index < -0.39 is 23.5 Å². The van der Waals surface area contributed by atoms with Crippen LogP contribution in [0.25, 0.3) is 16.8 Å². The summed E-state index contributed by atoms with van der Waals surface area (Å²) in [5.74, 6) is -0.903. The summed E-state index contributed by atoms with van der Waals surface area (Å²) in [6.45, 7) is 0.